The molecular weight excluding hydrogens is 351 g/mol. The number of epoxide rings is 1. The van der Waals surface area contributed by atoms with Crippen molar-refractivity contribution >= 4 is 11.8 Å². The predicted molar refractivity (Wildman–Crippen MR) is 93.6 cm³/mol. The smallest absolute Gasteiger partial charge is 0.339 e. The van der Waals surface area contributed by atoms with E-state index < -0.39 is 45.7 Å². The molecule has 146 valence electrons. The highest BCUT2D eigenvalue weighted by molar-refractivity contribution is 6.01. The number of hydrogen-bond acceptors (Lipinski definition) is 4. The third-order valence-corrected chi connectivity index (χ3v) is 8.83. The number of allylic oxidation sites excluding steroid dienone is 4. The van der Waals surface area contributed by atoms with Gasteiger partial charge in [-0.05, 0) is 57.6 Å². The maximum Gasteiger partial charge on any atom is 0.339 e. The van der Waals surface area contributed by atoms with Gasteiger partial charge in [0.25, 0.3) is 0 Å². The fourth-order valence-electron chi connectivity index (χ4n) is 7.49. The van der Waals surface area contributed by atoms with Crippen LogP contribution in [-0.2, 0) is 14.3 Å². The number of aliphatic hydroxyl groups is 1. The number of rotatable bonds is 1. The molecule has 5 aliphatic rings. The van der Waals surface area contributed by atoms with Crippen molar-refractivity contribution in [2.45, 2.75) is 69.4 Å². The Hall–Kier alpha value is -1.53. The van der Waals surface area contributed by atoms with Gasteiger partial charge >= 0.3 is 5.97 Å². The number of ketones is 1. The van der Waals surface area contributed by atoms with Crippen molar-refractivity contribution in [1.82, 2.24) is 0 Å². The van der Waals surface area contributed by atoms with E-state index in [4.69, 9.17) is 4.74 Å². The molecule has 5 nitrogen and oxygen atoms in total. The van der Waals surface area contributed by atoms with Crippen LogP contribution in [0.5, 0.6) is 0 Å². The molecule has 6 heteroatoms. The largest absolute Gasteiger partial charge is 0.479 e. The Labute approximate surface area is 157 Å². The van der Waals surface area contributed by atoms with E-state index in [0.29, 0.717) is 19.3 Å². The van der Waals surface area contributed by atoms with Crippen molar-refractivity contribution in [1.29, 1.82) is 0 Å². The molecule has 0 radical (unpaired) electrons. The van der Waals surface area contributed by atoms with Gasteiger partial charge in [0.1, 0.15) is 5.60 Å². The Morgan fingerprint density at radius 3 is 2.63 bits per heavy atom. The van der Waals surface area contributed by atoms with Gasteiger partial charge in [-0.25, -0.2) is 9.18 Å². The molecule has 0 aromatic heterocycles. The monoisotopic (exact) mass is 376 g/mol. The fraction of sp³-hybridized carbons (Fsp3) is 0.714. The molecule has 0 aromatic rings. The van der Waals surface area contributed by atoms with Crippen molar-refractivity contribution in [2.24, 2.45) is 22.7 Å². The number of hydrogen-bond donors (Lipinski definition) is 2. The number of alkyl halides is 1. The highest BCUT2D eigenvalue weighted by Crippen LogP contribution is 2.78. The summed E-state index contributed by atoms with van der Waals surface area (Å²) in [4.78, 5) is 24.0. The zero-order valence-corrected chi connectivity index (χ0v) is 15.8. The van der Waals surface area contributed by atoms with Crippen LogP contribution in [0.3, 0.4) is 0 Å². The van der Waals surface area contributed by atoms with E-state index in [2.05, 4.69) is 0 Å². The average Bonchev–Trinajstić information content (AvgIpc) is 3.17. The standard InChI is InChI=1S/C21H25FO5/c1-17-7-6-12(23)8-11(17)4-5-13-14-9-19(3)21(27-19,16(25)26)18(14,2)10-15(24)20(13,17)22/h6-8,13-15,24H,4-5,9-10H2,1-3H3,(H,25,26)/t13-,14-,15-,17-,18-,19+,20-,21-/m0/s1. The molecule has 0 unspecified atom stereocenters. The number of carboxylic acids is 1. The van der Waals surface area contributed by atoms with Gasteiger partial charge in [0.2, 0.25) is 0 Å². The topological polar surface area (TPSA) is 87.1 Å². The SMILES string of the molecule is C[C@@]12C[C@H]3[C@@H]4CCC5=CC(=O)C=C[C@]5(C)[C@@]4(F)[C@@H](O)C[C@]3(C)[C@]1(C(=O)O)O2. The summed E-state index contributed by atoms with van der Waals surface area (Å²) >= 11 is 0. The Morgan fingerprint density at radius 2 is 1.96 bits per heavy atom. The molecule has 27 heavy (non-hydrogen) atoms. The summed E-state index contributed by atoms with van der Waals surface area (Å²) in [5.74, 6) is -1.83. The van der Waals surface area contributed by atoms with Crippen LogP contribution in [0, 0.1) is 22.7 Å². The first-order chi connectivity index (χ1) is 12.5. The summed E-state index contributed by atoms with van der Waals surface area (Å²) < 4.78 is 22.6. The molecule has 0 amide bonds. The molecule has 4 aliphatic carbocycles. The summed E-state index contributed by atoms with van der Waals surface area (Å²) in [5.41, 5.74) is -5.21. The quantitative estimate of drug-likeness (QED) is 0.687. The van der Waals surface area contributed by atoms with Crippen molar-refractivity contribution in [3.05, 3.63) is 23.8 Å². The van der Waals surface area contributed by atoms with Gasteiger partial charge < -0.3 is 14.9 Å². The predicted octanol–water partition coefficient (Wildman–Crippen LogP) is 2.58. The lowest BCUT2D eigenvalue weighted by atomic mass is 9.45. The molecule has 1 aliphatic heterocycles. The summed E-state index contributed by atoms with van der Waals surface area (Å²) in [6.07, 6.45) is 4.80. The molecule has 8 atom stereocenters. The Morgan fingerprint density at radius 1 is 1.26 bits per heavy atom. The van der Waals surface area contributed by atoms with Gasteiger partial charge in [0.05, 0.1) is 6.10 Å². The first kappa shape index (κ1) is 17.6. The third kappa shape index (κ3) is 1.58. The van der Waals surface area contributed by atoms with E-state index in [0.717, 1.165) is 5.57 Å². The van der Waals surface area contributed by atoms with E-state index in [1.165, 1.54) is 12.2 Å². The highest BCUT2D eigenvalue weighted by atomic mass is 19.1. The molecule has 4 fully saturated rings. The first-order valence-electron chi connectivity index (χ1n) is 9.71. The lowest BCUT2D eigenvalue weighted by Gasteiger charge is -2.62. The van der Waals surface area contributed by atoms with E-state index >= 15 is 4.39 Å². The summed E-state index contributed by atoms with van der Waals surface area (Å²) in [6, 6.07) is 0. The minimum atomic E-state index is -1.93. The third-order valence-electron chi connectivity index (χ3n) is 8.83. The van der Waals surface area contributed by atoms with Crippen molar-refractivity contribution in [3.8, 4) is 0 Å². The van der Waals surface area contributed by atoms with Gasteiger partial charge in [-0.15, -0.1) is 0 Å². The minimum Gasteiger partial charge on any atom is -0.479 e. The molecule has 0 spiro atoms. The number of aliphatic hydroxyl groups excluding tert-OH is 1. The second kappa shape index (κ2) is 4.54. The van der Waals surface area contributed by atoms with Crippen molar-refractivity contribution < 1.29 is 28.9 Å². The number of carboxylic acid groups (broad SMARTS) is 1. The van der Waals surface area contributed by atoms with Crippen LogP contribution >= 0.6 is 0 Å². The molecule has 5 rings (SSSR count). The zero-order chi connectivity index (χ0) is 19.6. The summed E-state index contributed by atoms with van der Waals surface area (Å²) in [6.45, 7) is 5.41. The summed E-state index contributed by atoms with van der Waals surface area (Å²) in [7, 11) is 0. The number of halogens is 1. The summed E-state index contributed by atoms with van der Waals surface area (Å²) in [5, 5.41) is 21.0. The van der Waals surface area contributed by atoms with E-state index in [9.17, 15) is 19.8 Å². The van der Waals surface area contributed by atoms with Gasteiger partial charge in [-0.1, -0.05) is 18.6 Å². The minimum absolute atomic E-state index is 0.0389. The van der Waals surface area contributed by atoms with Crippen LogP contribution in [0.25, 0.3) is 0 Å². The molecule has 0 bridgehead atoms. The number of carbonyl (C=O) groups excluding carboxylic acids is 1. The van der Waals surface area contributed by atoms with Crippen molar-refractivity contribution in [2.75, 3.05) is 0 Å². The Bertz CT molecular complexity index is 850. The fourth-order valence-corrected chi connectivity index (χ4v) is 7.49. The van der Waals surface area contributed by atoms with Crippen LogP contribution in [0.4, 0.5) is 4.39 Å². The molecular formula is C21H25FO5. The lowest BCUT2D eigenvalue weighted by molar-refractivity contribution is -0.210. The average molecular weight is 376 g/mol. The Kier molecular flexibility index (Phi) is 2.95. The van der Waals surface area contributed by atoms with E-state index in [1.54, 1.807) is 19.9 Å². The van der Waals surface area contributed by atoms with E-state index in [1.807, 2.05) is 6.92 Å². The molecule has 1 saturated heterocycles. The van der Waals surface area contributed by atoms with Crippen LogP contribution in [0.2, 0.25) is 0 Å². The van der Waals surface area contributed by atoms with Gasteiger partial charge in [0.15, 0.2) is 17.1 Å². The maximum absolute atomic E-state index is 16.8. The molecule has 3 saturated carbocycles. The second-order valence-electron chi connectivity index (χ2n) is 9.79. The van der Waals surface area contributed by atoms with Crippen LogP contribution in [0.15, 0.2) is 23.8 Å². The normalized spacial score (nSPS) is 57.9. The van der Waals surface area contributed by atoms with Crippen LogP contribution < -0.4 is 0 Å². The number of carbonyl (C=O) groups is 2. The number of aliphatic carboxylic acids is 1. The van der Waals surface area contributed by atoms with Crippen LogP contribution in [-0.4, -0.2) is 44.9 Å². The van der Waals surface area contributed by atoms with Gasteiger partial charge in [-0.3, -0.25) is 4.79 Å². The van der Waals surface area contributed by atoms with Crippen molar-refractivity contribution in [3.63, 3.8) is 0 Å². The highest BCUT2D eigenvalue weighted by Gasteiger charge is 2.89. The maximum atomic E-state index is 16.8. The van der Waals surface area contributed by atoms with Gasteiger partial charge in [-0.2, -0.15) is 0 Å². The lowest BCUT2D eigenvalue weighted by Crippen LogP contribution is -2.68. The zero-order valence-electron chi connectivity index (χ0n) is 15.8. The molecule has 1 heterocycles. The number of fused-ring (bicyclic) bond motifs is 7. The Balaban J connectivity index is 1.64. The molecule has 2 N–H and O–H groups in total. The second-order valence-corrected chi connectivity index (χ2v) is 9.79. The van der Waals surface area contributed by atoms with Crippen LogP contribution in [0.1, 0.15) is 46.5 Å². The van der Waals surface area contributed by atoms with Gasteiger partial charge in [0, 0.05) is 16.7 Å². The van der Waals surface area contributed by atoms with E-state index in [-0.39, 0.29) is 18.1 Å². The molecule has 0 aromatic carbocycles. The first-order valence-corrected chi connectivity index (χ1v) is 9.71. The number of ether oxygens (including phenoxy) is 1.